The van der Waals surface area contributed by atoms with Gasteiger partial charge < -0.3 is 0 Å². The van der Waals surface area contributed by atoms with Gasteiger partial charge in [-0.1, -0.05) is 0 Å². The Morgan fingerprint density at radius 1 is 0.733 bits per heavy atom. The summed E-state index contributed by atoms with van der Waals surface area (Å²) < 4.78 is 3.52. The first-order valence-corrected chi connectivity index (χ1v) is 7.74. The fourth-order valence-corrected chi connectivity index (χ4v) is 5.66. The summed E-state index contributed by atoms with van der Waals surface area (Å²) >= 11 is 1.44. The first-order valence-electron chi connectivity index (χ1n) is 4.78. The normalized spacial score (nSPS) is 9.87. The van der Waals surface area contributed by atoms with E-state index in [9.17, 15) is 0 Å². The van der Waals surface area contributed by atoms with Crippen molar-refractivity contribution in [3.8, 4) is 3.94 Å². The third-order valence-electron chi connectivity index (χ3n) is 2.23. The van der Waals surface area contributed by atoms with Gasteiger partial charge in [0.15, 0.2) is 0 Å². The van der Waals surface area contributed by atoms with E-state index in [1.807, 2.05) is 0 Å². The van der Waals surface area contributed by atoms with Crippen molar-refractivity contribution in [1.82, 2.24) is 0 Å². The summed E-state index contributed by atoms with van der Waals surface area (Å²) in [4.78, 5) is 0. The Balaban J connectivity index is 2.39. The second-order valence-corrected chi connectivity index (χ2v) is 7.52. The van der Waals surface area contributed by atoms with Crippen molar-refractivity contribution in [2.75, 3.05) is 0 Å². The van der Waals surface area contributed by atoms with E-state index in [4.69, 9.17) is 0 Å². The van der Waals surface area contributed by atoms with Crippen molar-refractivity contribution < 1.29 is 19.2 Å². The molecule has 0 N–H and O–H groups in total. The Hall–Kier alpha value is -0.662. The van der Waals surface area contributed by atoms with Gasteiger partial charge in [-0.05, 0) is 0 Å². The molecule has 0 spiro atoms. The van der Waals surface area contributed by atoms with Crippen molar-refractivity contribution in [3.63, 3.8) is 0 Å². The molecule has 0 saturated carbocycles. The molecule has 2 aromatic carbocycles. The van der Waals surface area contributed by atoms with Crippen LogP contribution in [0.2, 0.25) is 0 Å². The van der Waals surface area contributed by atoms with Crippen LogP contribution in [0.1, 0.15) is 0 Å². The number of rotatable bonds is 2. The predicted molar refractivity (Wildman–Crippen MR) is 64.4 cm³/mol. The van der Waals surface area contributed by atoms with Gasteiger partial charge in [-0.2, -0.15) is 0 Å². The molecular weight excluding hydrogens is 371 g/mol. The van der Waals surface area contributed by atoms with E-state index in [1.165, 1.54) is 29.8 Å². The topological polar surface area (TPSA) is 0 Å². The molecule has 15 heavy (non-hydrogen) atoms. The zero-order valence-electron chi connectivity index (χ0n) is 8.18. The Morgan fingerprint density at radius 3 is 1.47 bits per heavy atom. The molecule has 0 radical (unpaired) electrons. The molecule has 0 amide bonds. The monoisotopic (exact) mass is 382 g/mol. The molecule has 0 unspecified atom stereocenters. The van der Waals surface area contributed by atoms with Crippen LogP contribution in [0.15, 0.2) is 60.7 Å². The van der Waals surface area contributed by atoms with Gasteiger partial charge in [0.05, 0.1) is 0 Å². The van der Waals surface area contributed by atoms with E-state index in [0.29, 0.717) is 0 Å². The SMILES string of the molecule is [W]#[C][PH+](c1ccccc1)c1ccccc1. The quantitative estimate of drug-likeness (QED) is 0.700. The van der Waals surface area contributed by atoms with Gasteiger partial charge in [0.1, 0.15) is 0 Å². The standard InChI is InChI=1S/C13H11P.W/c1-14(12-8-4-2-5-9-12)13-10-6-3-7-11-13;/h2-11,14H;/q+1;. The Bertz CT molecular complexity index is 419. The summed E-state index contributed by atoms with van der Waals surface area (Å²) in [5.74, 6) is 0. The molecule has 0 aliphatic carbocycles. The van der Waals surface area contributed by atoms with Crippen LogP contribution < -0.4 is 10.6 Å². The van der Waals surface area contributed by atoms with Crippen LogP contribution in [0.5, 0.6) is 0 Å². The van der Waals surface area contributed by atoms with E-state index in [2.05, 4.69) is 64.6 Å². The van der Waals surface area contributed by atoms with Gasteiger partial charge in [0, 0.05) is 0 Å². The molecule has 0 bridgehead atoms. The van der Waals surface area contributed by atoms with Crippen LogP contribution in [-0.2, 0) is 19.2 Å². The van der Waals surface area contributed by atoms with E-state index >= 15 is 0 Å². The zero-order chi connectivity index (χ0) is 10.5. The Kier molecular flexibility index (Phi) is 3.92. The zero-order valence-corrected chi connectivity index (χ0v) is 12.1. The minimum atomic E-state index is -0.752. The van der Waals surface area contributed by atoms with Gasteiger partial charge in [0.2, 0.25) is 0 Å². The summed E-state index contributed by atoms with van der Waals surface area (Å²) in [6.07, 6.45) is 0. The van der Waals surface area contributed by atoms with Gasteiger partial charge in [-0.25, -0.2) is 0 Å². The van der Waals surface area contributed by atoms with Gasteiger partial charge in [-0.3, -0.25) is 0 Å². The first kappa shape index (κ1) is 10.8. The number of hydrogen-bond acceptors (Lipinski definition) is 0. The summed E-state index contributed by atoms with van der Waals surface area (Å²) in [6, 6.07) is 21.4. The maximum absolute atomic E-state index is 3.52. The molecule has 0 heterocycles. The van der Waals surface area contributed by atoms with Crippen molar-refractivity contribution >= 4 is 18.5 Å². The molecule has 2 aromatic rings. The molecule has 73 valence electrons. The van der Waals surface area contributed by atoms with Crippen LogP contribution in [-0.4, -0.2) is 0 Å². The molecule has 2 rings (SSSR count). The molecule has 0 aliphatic rings. The Morgan fingerprint density at radius 2 is 1.13 bits per heavy atom. The summed E-state index contributed by atoms with van der Waals surface area (Å²) in [6.45, 7) is 0. The maximum atomic E-state index is 3.52. The van der Waals surface area contributed by atoms with Crippen molar-refractivity contribution in [1.29, 1.82) is 0 Å². The summed E-state index contributed by atoms with van der Waals surface area (Å²) in [5.41, 5.74) is 0. The van der Waals surface area contributed by atoms with Gasteiger partial charge >= 0.3 is 102 Å². The average molecular weight is 382 g/mol. The van der Waals surface area contributed by atoms with Crippen LogP contribution in [0.25, 0.3) is 0 Å². The van der Waals surface area contributed by atoms with Crippen molar-refractivity contribution in [3.05, 3.63) is 60.7 Å². The number of benzene rings is 2. The van der Waals surface area contributed by atoms with E-state index in [1.54, 1.807) is 0 Å². The van der Waals surface area contributed by atoms with Crippen LogP contribution >= 0.6 is 7.92 Å². The molecule has 0 aromatic heterocycles. The second-order valence-electron chi connectivity index (χ2n) is 3.21. The first-order chi connectivity index (χ1) is 7.42. The fourth-order valence-electron chi connectivity index (χ4n) is 1.49. The molecule has 2 heteroatoms. The predicted octanol–water partition coefficient (Wildman–Crippen LogP) is 2.32. The van der Waals surface area contributed by atoms with Gasteiger partial charge in [-0.15, -0.1) is 0 Å². The van der Waals surface area contributed by atoms with Crippen LogP contribution in [0.4, 0.5) is 0 Å². The summed E-state index contributed by atoms with van der Waals surface area (Å²) in [5, 5.41) is 2.84. The second kappa shape index (κ2) is 5.43. The summed E-state index contributed by atoms with van der Waals surface area (Å²) in [7, 11) is -0.752. The van der Waals surface area contributed by atoms with Crippen LogP contribution in [0, 0.1) is 3.94 Å². The molecular formula is C13H11PW+. The molecule has 0 nitrogen and oxygen atoms in total. The van der Waals surface area contributed by atoms with Crippen LogP contribution in [0.3, 0.4) is 0 Å². The molecule has 0 atom stereocenters. The molecule has 0 aliphatic heterocycles. The van der Waals surface area contributed by atoms with E-state index in [0.717, 1.165) is 0 Å². The van der Waals surface area contributed by atoms with E-state index < -0.39 is 7.92 Å². The average Bonchev–Trinajstić information content (AvgIpc) is 2.33. The van der Waals surface area contributed by atoms with Crippen molar-refractivity contribution in [2.45, 2.75) is 0 Å². The third-order valence-corrected chi connectivity index (χ3v) is 6.45. The molecule has 0 saturated heterocycles. The fraction of sp³-hybridized carbons (Fsp3) is 0. The molecule has 0 fully saturated rings. The van der Waals surface area contributed by atoms with Gasteiger partial charge in [0.25, 0.3) is 0 Å². The third kappa shape index (κ3) is 2.67. The van der Waals surface area contributed by atoms with Crippen molar-refractivity contribution in [2.24, 2.45) is 0 Å². The number of hydrogen-bond donors (Lipinski definition) is 0. The Labute approximate surface area is 102 Å². The van der Waals surface area contributed by atoms with E-state index in [-0.39, 0.29) is 0 Å². The minimum absolute atomic E-state index is 0.752.